The Bertz CT molecular complexity index is 791. The number of alkyl halides is 3. The largest absolute Gasteiger partial charge is 0.491 e. The summed E-state index contributed by atoms with van der Waals surface area (Å²) in [6, 6.07) is 9.45. The molecule has 0 amide bonds. The molecule has 0 heterocycles. The smallest absolute Gasteiger partial charge is 0.416 e. The van der Waals surface area contributed by atoms with E-state index in [1.807, 2.05) is 6.92 Å². The second-order valence-electron chi connectivity index (χ2n) is 5.99. The summed E-state index contributed by atoms with van der Waals surface area (Å²) >= 11 is 5.88. The maximum Gasteiger partial charge on any atom is 0.416 e. The lowest BCUT2D eigenvalue weighted by Gasteiger charge is -2.15. The quantitative estimate of drug-likeness (QED) is 0.476. The van der Waals surface area contributed by atoms with Crippen LogP contribution in [0, 0.1) is 0 Å². The highest BCUT2D eigenvalue weighted by Gasteiger charge is 2.31. The molecule has 2 rings (SSSR count). The monoisotopic (exact) mass is 416 g/mol. The molecule has 4 nitrogen and oxygen atoms in total. The number of carbonyl (C=O) groups excluding carboxylic acids is 1. The van der Waals surface area contributed by atoms with Crippen LogP contribution in [0.2, 0.25) is 5.02 Å². The maximum atomic E-state index is 12.7. The van der Waals surface area contributed by atoms with E-state index in [0.29, 0.717) is 24.5 Å². The van der Waals surface area contributed by atoms with Crippen LogP contribution < -0.4 is 9.47 Å². The molecule has 152 valence electrons. The number of ether oxygens (including phenoxy) is 3. The molecule has 1 atom stereocenters. The van der Waals surface area contributed by atoms with Crippen LogP contribution >= 0.6 is 11.6 Å². The van der Waals surface area contributed by atoms with Gasteiger partial charge in [-0.05, 0) is 62.7 Å². The minimum absolute atomic E-state index is 0.117. The highest BCUT2D eigenvalue weighted by atomic mass is 35.5. The lowest BCUT2D eigenvalue weighted by Crippen LogP contribution is -2.15. The van der Waals surface area contributed by atoms with E-state index in [4.69, 9.17) is 25.8 Å². The molecular weight excluding hydrogens is 397 g/mol. The Hall–Kier alpha value is -2.41. The fourth-order valence-electron chi connectivity index (χ4n) is 2.32. The Morgan fingerprint density at radius 1 is 1.11 bits per heavy atom. The number of esters is 1. The van der Waals surface area contributed by atoms with Crippen molar-refractivity contribution in [1.29, 1.82) is 0 Å². The molecule has 8 heteroatoms. The predicted octanol–water partition coefficient (Wildman–Crippen LogP) is 6.26. The summed E-state index contributed by atoms with van der Waals surface area (Å²) in [6.45, 7) is 3.93. The second-order valence-corrected chi connectivity index (χ2v) is 6.40. The highest BCUT2D eigenvalue weighted by molar-refractivity contribution is 6.32. The van der Waals surface area contributed by atoms with Crippen LogP contribution in [-0.4, -0.2) is 18.7 Å². The van der Waals surface area contributed by atoms with E-state index < -0.39 is 11.7 Å². The summed E-state index contributed by atoms with van der Waals surface area (Å²) in [5.41, 5.74) is -0.842. The molecule has 0 N–H and O–H groups in total. The average molecular weight is 417 g/mol. The number of carbonyl (C=O) groups is 1. The first kappa shape index (κ1) is 21.9. The molecule has 0 aliphatic rings. The molecule has 0 fully saturated rings. The number of hydrogen-bond acceptors (Lipinski definition) is 4. The summed E-state index contributed by atoms with van der Waals surface area (Å²) in [5.74, 6) is 0.816. The van der Waals surface area contributed by atoms with Crippen molar-refractivity contribution in [3.63, 3.8) is 0 Å². The van der Waals surface area contributed by atoms with Crippen LogP contribution in [0.1, 0.15) is 32.3 Å². The van der Waals surface area contributed by atoms with Gasteiger partial charge in [-0.25, -0.2) is 0 Å². The van der Waals surface area contributed by atoms with E-state index in [1.165, 1.54) is 6.07 Å². The van der Waals surface area contributed by atoms with Gasteiger partial charge in [0.2, 0.25) is 0 Å². The maximum absolute atomic E-state index is 12.7. The number of benzene rings is 2. The number of rotatable bonds is 8. The molecular formula is C20H20ClF3O4. The van der Waals surface area contributed by atoms with Crippen molar-refractivity contribution >= 4 is 17.6 Å². The Labute approximate surface area is 166 Å². The predicted molar refractivity (Wildman–Crippen MR) is 98.9 cm³/mol. The third-order valence-corrected chi connectivity index (χ3v) is 4.00. The van der Waals surface area contributed by atoms with E-state index in [1.54, 1.807) is 31.2 Å². The van der Waals surface area contributed by atoms with Crippen molar-refractivity contribution in [2.45, 2.75) is 39.0 Å². The van der Waals surface area contributed by atoms with Crippen LogP contribution in [0.3, 0.4) is 0 Å². The standard InChI is InChI=1S/C20H20ClF3O4/c1-3-26-19(25)11-4-13(2)27-15-6-8-16(9-7-15)28-18-10-5-14(12-17(18)21)20(22,23)24/h5-10,12-13H,3-4,11H2,1-2H3. The minimum Gasteiger partial charge on any atom is -0.491 e. The molecule has 2 aromatic rings. The van der Waals surface area contributed by atoms with Gasteiger partial charge in [-0.2, -0.15) is 13.2 Å². The van der Waals surface area contributed by atoms with Gasteiger partial charge < -0.3 is 14.2 Å². The van der Waals surface area contributed by atoms with Gasteiger partial charge in [-0.3, -0.25) is 4.79 Å². The van der Waals surface area contributed by atoms with Gasteiger partial charge >= 0.3 is 12.1 Å². The van der Waals surface area contributed by atoms with E-state index >= 15 is 0 Å². The van der Waals surface area contributed by atoms with Gasteiger partial charge in [0.05, 0.1) is 23.3 Å². The molecule has 0 saturated heterocycles. The van der Waals surface area contributed by atoms with Gasteiger partial charge in [0.1, 0.15) is 17.2 Å². The summed E-state index contributed by atoms with van der Waals surface area (Å²) in [5, 5.41) is -0.136. The van der Waals surface area contributed by atoms with Crippen LogP contribution in [0.15, 0.2) is 42.5 Å². The van der Waals surface area contributed by atoms with Crippen molar-refractivity contribution < 1.29 is 32.2 Å². The molecule has 2 aromatic carbocycles. The first-order chi connectivity index (χ1) is 13.2. The summed E-state index contributed by atoms with van der Waals surface area (Å²) < 4.78 is 54.1. The number of halogens is 4. The van der Waals surface area contributed by atoms with Gasteiger partial charge in [0.25, 0.3) is 0 Å². The molecule has 0 aliphatic heterocycles. The first-order valence-corrected chi connectivity index (χ1v) is 9.03. The Morgan fingerprint density at radius 2 is 1.75 bits per heavy atom. The Kier molecular flexibility index (Phi) is 7.57. The fourth-order valence-corrected chi connectivity index (χ4v) is 2.54. The van der Waals surface area contributed by atoms with Crippen molar-refractivity contribution in [2.24, 2.45) is 0 Å². The highest BCUT2D eigenvalue weighted by Crippen LogP contribution is 2.36. The average Bonchev–Trinajstić information content (AvgIpc) is 2.62. The van der Waals surface area contributed by atoms with Crippen molar-refractivity contribution in [3.8, 4) is 17.2 Å². The van der Waals surface area contributed by atoms with E-state index in [9.17, 15) is 18.0 Å². The SMILES string of the molecule is CCOC(=O)CCC(C)Oc1ccc(Oc2ccc(C(F)(F)F)cc2Cl)cc1. The lowest BCUT2D eigenvalue weighted by atomic mass is 10.2. The Morgan fingerprint density at radius 3 is 2.32 bits per heavy atom. The van der Waals surface area contributed by atoms with Crippen LogP contribution in [0.5, 0.6) is 17.2 Å². The van der Waals surface area contributed by atoms with Gasteiger partial charge in [-0.15, -0.1) is 0 Å². The number of hydrogen-bond donors (Lipinski definition) is 0. The van der Waals surface area contributed by atoms with Crippen molar-refractivity contribution in [1.82, 2.24) is 0 Å². The fraction of sp³-hybridized carbons (Fsp3) is 0.350. The molecule has 0 radical (unpaired) electrons. The van der Waals surface area contributed by atoms with E-state index in [2.05, 4.69) is 0 Å². The molecule has 0 aliphatic carbocycles. The first-order valence-electron chi connectivity index (χ1n) is 8.66. The zero-order chi connectivity index (χ0) is 20.7. The third kappa shape index (κ3) is 6.64. The second kappa shape index (κ2) is 9.68. The molecule has 0 aromatic heterocycles. The zero-order valence-electron chi connectivity index (χ0n) is 15.4. The van der Waals surface area contributed by atoms with Crippen LogP contribution in [0.4, 0.5) is 13.2 Å². The van der Waals surface area contributed by atoms with Crippen LogP contribution in [0.25, 0.3) is 0 Å². The molecule has 0 spiro atoms. The summed E-state index contributed by atoms with van der Waals surface area (Å²) in [4.78, 5) is 11.4. The lowest BCUT2D eigenvalue weighted by molar-refractivity contribution is -0.143. The summed E-state index contributed by atoms with van der Waals surface area (Å²) in [7, 11) is 0. The molecule has 1 unspecified atom stereocenters. The van der Waals surface area contributed by atoms with E-state index in [0.717, 1.165) is 12.1 Å². The normalized spacial score (nSPS) is 12.4. The van der Waals surface area contributed by atoms with Gasteiger partial charge in [0, 0.05) is 6.42 Å². The van der Waals surface area contributed by atoms with Crippen molar-refractivity contribution in [3.05, 3.63) is 53.1 Å². The summed E-state index contributed by atoms with van der Waals surface area (Å²) in [6.07, 6.45) is -3.88. The zero-order valence-corrected chi connectivity index (χ0v) is 16.1. The minimum atomic E-state index is -4.47. The topological polar surface area (TPSA) is 44.8 Å². The third-order valence-electron chi connectivity index (χ3n) is 3.71. The Balaban J connectivity index is 1.93. The van der Waals surface area contributed by atoms with Gasteiger partial charge in [0.15, 0.2) is 0 Å². The molecule has 0 saturated carbocycles. The molecule has 28 heavy (non-hydrogen) atoms. The van der Waals surface area contributed by atoms with Crippen LogP contribution in [-0.2, 0) is 15.7 Å². The van der Waals surface area contributed by atoms with Gasteiger partial charge in [-0.1, -0.05) is 11.6 Å². The van der Waals surface area contributed by atoms with Crippen molar-refractivity contribution in [2.75, 3.05) is 6.61 Å². The molecule has 0 bridgehead atoms. The van der Waals surface area contributed by atoms with E-state index in [-0.39, 0.29) is 29.3 Å².